The Balaban J connectivity index is 0.00000289. The first-order chi connectivity index (χ1) is 16.6. The lowest BCUT2D eigenvalue weighted by molar-refractivity contribution is 0.0986. The fourth-order valence-electron chi connectivity index (χ4n) is 3.77. The molecule has 0 spiro atoms. The summed E-state index contributed by atoms with van der Waals surface area (Å²) in [6, 6.07) is 19.3. The predicted molar refractivity (Wildman–Crippen MR) is 137 cm³/mol. The number of carbonyl (C=O) groups is 1. The molecule has 3 aromatic carbocycles. The standard InChI is InChI=1S/C26H20F2N4OS.ClH/c27-21-15-22(28)24-23(16-21)34-26(30-24)32(13-4-12-31-14-11-29-17-31)25(33)20-9-7-19(8-10-20)18-5-2-1-3-6-18;/h1-3,5-11,14-17H,4,12-13H2;1H. The highest BCUT2D eigenvalue weighted by molar-refractivity contribution is 7.22. The van der Waals surface area contributed by atoms with Crippen LogP contribution in [0.5, 0.6) is 0 Å². The minimum Gasteiger partial charge on any atom is -0.337 e. The van der Waals surface area contributed by atoms with Crippen LogP contribution in [0.2, 0.25) is 0 Å². The average Bonchev–Trinajstić information content (AvgIpc) is 3.52. The number of fused-ring (bicyclic) bond motifs is 1. The van der Waals surface area contributed by atoms with Gasteiger partial charge in [-0.05, 0) is 35.7 Å². The van der Waals surface area contributed by atoms with E-state index in [0.29, 0.717) is 34.9 Å². The fourth-order valence-corrected chi connectivity index (χ4v) is 4.80. The summed E-state index contributed by atoms with van der Waals surface area (Å²) in [4.78, 5) is 23.4. The topological polar surface area (TPSA) is 51.0 Å². The second-order valence-corrected chi connectivity index (χ2v) is 8.79. The van der Waals surface area contributed by atoms with E-state index in [9.17, 15) is 13.6 Å². The van der Waals surface area contributed by atoms with E-state index in [1.165, 1.54) is 11.0 Å². The number of nitrogens with zero attached hydrogens (tertiary/aromatic N) is 4. The van der Waals surface area contributed by atoms with Gasteiger partial charge in [0.25, 0.3) is 5.91 Å². The van der Waals surface area contributed by atoms with Gasteiger partial charge < -0.3 is 4.57 Å². The first kappa shape index (κ1) is 24.5. The van der Waals surface area contributed by atoms with Crippen LogP contribution in [0, 0.1) is 11.6 Å². The Bertz CT molecular complexity index is 1420. The third kappa shape index (κ3) is 5.39. The summed E-state index contributed by atoms with van der Waals surface area (Å²) in [7, 11) is 0. The summed E-state index contributed by atoms with van der Waals surface area (Å²) in [6.45, 7) is 1.02. The normalized spacial score (nSPS) is 10.8. The van der Waals surface area contributed by atoms with Crippen LogP contribution < -0.4 is 4.90 Å². The first-order valence-electron chi connectivity index (χ1n) is 10.8. The van der Waals surface area contributed by atoms with E-state index in [2.05, 4.69) is 9.97 Å². The van der Waals surface area contributed by atoms with Crippen molar-refractivity contribution >= 4 is 45.0 Å². The highest BCUT2D eigenvalue weighted by Gasteiger charge is 2.22. The SMILES string of the molecule is Cl.O=C(c1ccc(-c2ccccc2)cc1)N(CCCn1ccnc1)c1nc2c(F)cc(F)cc2s1. The summed E-state index contributed by atoms with van der Waals surface area (Å²) in [5.74, 6) is -1.66. The maximum Gasteiger partial charge on any atom is 0.260 e. The van der Waals surface area contributed by atoms with Crippen LogP contribution in [0.4, 0.5) is 13.9 Å². The molecule has 9 heteroatoms. The molecular weight excluding hydrogens is 490 g/mol. The molecule has 0 fully saturated rings. The molecule has 0 N–H and O–H groups in total. The molecular formula is C26H21ClF2N4OS. The number of hydrogen-bond donors (Lipinski definition) is 0. The van der Waals surface area contributed by atoms with E-state index in [1.807, 2.05) is 53.2 Å². The highest BCUT2D eigenvalue weighted by atomic mass is 35.5. The van der Waals surface area contributed by atoms with Crippen LogP contribution >= 0.6 is 23.7 Å². The summed E-state index contributed by atoms with van der Waals surface area (Å²) in [5, 5.41) is 0.335. The third-order valence-corrected chi connectivity index (χ3v) is 6.50. The lowest BCUT2D eigenvalue weighted by Crippen LogP contribution is -2.32. The number of carbonyl (C=O) groups excluding carboxylic acids is 1. The second kappa shape index (κ2) is 10.8. The maximum atomic E-state index is 14.3. The number of rotatable bonds is 7. The number of thiazole rings is 1. The van der Waals surface area contributed by atoms with E-state index in [1.54, 1.807) is 24.7 Å². The van der Waals surface area contributed by atoms with Gasteiger partial charge in [0.05, 0.1) is 11.0 Å². The van der Waals surface area contributed by atoms with Crippen molar-refractivity contribution in [1.82, 2.24) is 14.5 Å². The van der Waals surface area contributed by atoms with E-state index < -0.39 is 11.6 Å². The third-order valence-electron chi connectivity index (χ3n) is 5.47. The van der Waals surface area contributed by atoms with Gasteiger partial charge in [0.1, 0.15) is 11.3 Å². The zero-order valence-corrected chi connectivity index (χ0v) is 20.1. The number of aryl methyl sites for hydroxylation is 1. The fraction of sp³-hybridized carbons (Fsp3) is 0.115. The minimum absolute atomic E-state index is 0. The average molecular weight is 511 g/mol. The number of anilines is 1. The predicted octanol–water partition coefficient (Wildman–Crippen LogP) is 6.60. The molecule has 1 amide bonds. The minimum atomic E-state index is -0.740. The Labute approximate surface area is 211 Å². The van der Waals surface area contributed by atoms with Crippen LogP contribution in [0.1, 0.15) is 16.8 Å². The van der Waals surface area contributed by atoms with Gasteiger partial charge in [-0.15, -0.1) is 12.4 Å². The molecule has 5 rings (SSSR count). The van der Waals surface area contributed by atoms with Crippen molar-refractivity contribution in [1.29, 1.82) is 0 Å². The summed E-state index contributed by atoms with van der Waals surface area (Å²) < 4.78 is 30.3. The van der Waals surface area contributed by atoms with Crippen LogP contribution in [0.25, 0.3) is 21.3 Å². The van der Waals surface area contributed by atoms with Crippen LogP contribution in [-0.4, -0.2) is 27.0 Å². The van der Waals surface area contributed by atoms with Crippen molar-refractivity contribution in [2.24, 2.45) is 0 Å². The molecule has 0 aliphatic rings. The highest BCUT2D eigenvalue weighted by Crippen LogP contribution is 2.32. The van der Waals surface area contributed by atoms with Crippen molar-refractivity contribution in [3.05, 3.63) is 103 Å². The Morgan fingerprint density at radius 3 is 2.46 bits per heavy atom. The van der Waals surface area contributed by atoms with Crippen molar-refractivity contribution in [3.8, 4) is 11.1 Å². The Kier molecular flexibility index (Phi) is 7.53. The van der Waals surface area contributed by atoms with Crippen molar-refractivity contribution in [3.63, 3.8) is 0 Å². The molecule has 2 heterocycles. The molecule has 0 saturated carbocycles. The molecule has 0 aliphatic carbocycles. The quantitative estimate of drug-likeness (QED) is 0.248. The van der Waals surface area contributed by atoms with Crippen LogP contribution in [0.15, 0.2) is 85.5 Å². The van der Waals surface area contributed by atoms with Gasteiger partial charge in [-0.1, -0.05) is 53.8 Å². The van der Waals surface area contributed by atoms with Crippen molar-refractivity contribution < 1.29 is 13.6 Å². The zero-order chi connectivity index (χ0) is 23.5. The number of aromatic nitrogens is 3. The lowest BCUT2D eigenvalue weighted by atomic mass is 10.0. The van der Waals surface area contributed by atoms with E-state index in [0.717, 1.165) is 28.5 Å². The number of amides is 1. The summed E-state index contributed by atoms with van der Waals surface area (Å²) in [6.07, 6.45) is 5.90. The van der Waals surface area contributed by atoms with Gasteiger partial charge in [0, 0.05) is 37.1 Å². The smallest absolute Gasteiger partial charge is 0.260 e. The zero-order valence-electron chi connectivity index (χ0n) is 18.5. The molecule has 0 unspecified atom stereocenters. The largest absolute Gasteiger partial charge is 0.337 e. The first-order valence-corrected chi connectivity index (χ1v) is 11.6. The summed E-state index contributed by atoms with van der Waals surface area (Å²) >= 11 is 1.10. The maximum absolute atomic E-state index is 14.3. The Morgan fingerprint density at radius 2 is 1.74 bits per heavy atom. The molecule has 5 nitrogen and oxygen atoms in total. The van der Waals surface area contributed by atoms with Crippen molar-refractivity contribution in [2.45, 2.75) is 13.0 Å². The van der Waals surface area contributed by atoms with Crippen LogP contribution in [0.3, 0.4) is 0 Å². The van der Waals surface area contributed by atoms with Gasteiger partial charge in [-0.25, -0.2) is 18.7 Å². The molecule has 0 bridgehead atoms. The number of benzene rings is 3. The van der Waals surface area contributed by atoms with Gasteiger partial charge in [-0.3, -0.25) is 9.69 Å². The molecule has 178 valence electrons. The number of hydrogen-bond acceptors (Lipinski definition) is 4. The van der Waals surface area contributed by atoms with E-state index >= 15 is 0 Å². The van der Waals surface area contributed by atoms with Gasteiger partial charge in [-0.2, -0.15) is 0 Å². The molecule has 2 aromatic heterocycles. The van der Waals surface area contributed by atoms with Crippen molar-refractivity contribution in [2.75, 3.05) is 11.4 Å². The van der Waals surface area contributed by atoms with Gasteiger partial charge >= 0.3 is 0 Å². The van der Waals surface area contributed by atoms with Gasteiger partial charge in [0.15, 0.2) is 10.9 Å². The molecule has 0 aliphatic heterocycles. The Morgan fingerprint density at radius 1 is 1.00 bits per heavy atom. The van der Waals surface area contributed by atoms with Gasteiger partial charge in [0.2, 0.25) is 0 Å². The molecule has 0 saturated heterocycles. The lowest BCUT2D eigenvalue weighted by Gasteiger charge is -2.20. The summed E-state index contributed by atoms with van der Waals surface area (Å²) in [5.41, 5.74) is 2.62. The van der Waals surface area contributed by atoms with E-state index in [4.69, 9.17) is 0 Å². The molecule has 0 radical (unpaired) electrons. The Hall–Kier alpha value is -3.62. The van der Waals surface area contributed by atoms with E-state index in [-0.39, 0.29) is 23.8 Å². The number of imidazole rings is 1. The second-order valence-electron chi connectivity index (χ2n) is 7.79. The van der Waals surface area contributed by atoms with Crippen LogP contribution in [-0.2, 0) is 6.54 Å². The molecule has 35 heavy (non-hydrogen) atoms. The molecule has 0 atom stereocenters. The number of halogens is 3. The monoisotopic (exact) mass is 510 g/mol. The molecule has 5 aromatic rings.